The molecule has 1 aromatic carbocycles. The average Bonchev–Trinajstić information content (AvgIpc) is 2.64. The first kappa shape index (κ1) is 18.6. The number of hydrogen-bond acceptors (Lipinski definition) is 6. The zero-order valence-electron chi connectivity index (χ0n) is 14.7. The van der Waals surface area contributed by atoms with Crippen LogP contribution in [-0.4, -0.2) is 23.2 Å². The Bertz CT molecular complexity index is 725. The van der Waals surface area contributed by atoms with E-state index in [1.807, 2.05) is 20.8 Å². The van der Waals surface area contributed by atoms with E-state index in [0.29, 0.717) is 48.4 Å². The van der Waals surface area contributed by atoms with Crippen molar-refractivity contribution >= 4 is 17.4 Å². The van der Waals surface area contributed by atoms with Gasteiger partial charge in [-0.3, -0.25) is 15.5 Å². The van der Waals surface area contributed by atoms with Crippen LogP contribution in [-0.2, 0) is 9.53 Å². The van der Waals surface area contributed by atoms with Gasteiger partial charge < -0.3 is 4.74 Å². The molecule has 0 amide bonds. The number of carbonyl (C=O) groups is 1. The second kappa shape index (κ2) is 8.41. The largest absolute Gasteiger partial charge is 0.462 e. The Morgan fingerprint density at radius 3 is 2.60 bits per heavy atom. The van der Waals surface area contributed by atoms with Crippen LogP contribution in [0.5, 0.6) is 0 Å². The molecule has 1 aliphatic rings. The lowest BCUT2D eigenvalue weighted by atomic mass is 9.82. The van der Waals surface area contributed by atoms with Gasteiger partial charge in [0.1, 0.15) is 0 Å². The molecule has 0 spiro atoms. The summed E-state index contributed by atoms with van der Waals surface area (Å²) in [6, 6.07) is 6.48. The van der Waals surface area contributed by atoms with Gasteiger partial charge >= 0.3 is 5.97 Å². The molecule has 0 saturated carbocycles. The molecule has 0 aromatic heterocycles. The Hall–Kier alpha value is -2.70. The molecule has 2 rings (SSSR count). The van der Waals surface area contributed by atoms with Crippen LogP contribution in [0.1, 0.15) is 51.5 Å². The summed E-state index contributed by atoms with van der Waals surface area (Å²) in [5.74, 6) is -1.03. The number of esters is 1. The van der Waals surface area contributed by atoms with E-state index in [-0.39, 0.29) is 5.69 Å². The number of ether oxygens (including phenoxy) is 1. The molecule has 25 heavy (non-hydrogen) atoms. The van der Waals surface area contributed by atoms with E-state index in [1.165, 1.54) is 6.07 Å². The fraction of sp³-hybridized carbons (Fsp3) is 0.444. The number of hydrazone groups is 1. The lowest BCUT2D eigenvalue weighted by Crippen LogP contribution is -2.31. The van der Waals surface area contributed by atoms with Crippen LogP contribution in [0.3, 0.4) is 0 Å². The van der Waals surface area contributed by atoms with E-state index >= 15 is 0 Å². The van der Waals surface area contributed by atoms with Crippen molar-refractivity contribution in [2.24, 2.45) is 5.10 Å². The lowest BCUT2D eigenvalue weighted by molar-refractivity contribution is -0.385. The summed E-state index contributed by atoms with van der Waals surface area (Å²) in [6.45, 7) is 6.04. The first-order chi connectivity index (χ1) is 12.0. The van der Waals surface area contributed by atoms with Gasteiger partial charge in [-0.15, -0.1) is 0 Å². The Morgan fingerprint density at radius 1 is 1.28 bits per heavy atom. The van der Waals surface area contributed by atoms with E-state index in [0.717, 1.165) is 0 Å². The SMILES string of the molecule is CCCOC(=O)C1=C(CC)NN=C(CC)C1c1ccccc1[N+](=O)[O-]. The molecule has 134 valence electrons. The molecule has 1 unspecified atom stereocenters. The molecule has 0 radical (unpaired) electrons. The van der Waals surface area contributed by atoms with E-state index < -0.39 is 16.8 Å². The predicted molar refractivity (Wildman–Crippen MR) is 95.3 cm³/mol. The molecular weight excluding hydrogens is 322 g/mol. The fourth-order valence-electron chi connectivity index (χ4n) is 2.90. The molecule has 1 N–H and O–H groups in total. The van der Waals surface area contributed by atoms with E-state index in [2.05, 4.69) is 10.5 Å². The average molecular weight is 345 g/mol. The number of para-hydroxylation sites is 1. The molecule has 0 bridgehead atoms. The molecule has 1 atom stereocenters. The van der Waals surface area contributed by atoms with Crippen LogP contribution < -0.4 is 5.43 Å². The number of nitrogens with one attached hydrogen (secondary N) is 1. The van der Waals surface area contributed by atoms with Gasteiger partial charge in [-0.2, -0.15) is 5.10 Å². The molecular formula is C18H23N3O4. The van der Waals surface area contributed by atoms with Gasteiger partial charge in [-0.25, -0.2) is 4.79 Å². The van der Waals surface area contributed by atoms with Crippen molar-refractivity contribution in [2.45, 2.75) is 46.0 Å². The van der Waals surface area contributed by atoms with Crippen molar-refractivity contribution < 1.29 is 14.5 Å². The third-order valence-corrected chi connectivity index (χ3v) is 4.10. The summed E-state index contributed by atoms with van der Waals surface area (Å²) in [5, 5.41) is 15.8. The van der Waals surface area contributed by atoms with Crippen LogP contribution >= 0.6 is 0 Å². The van der Waals surface area contributed by atoms with Gasteiger partial charge in [0, 0.05) is 17.3 Å². The minimum atomic E-state index is -0.577. The molecule has 1 heterocycles. The van der Waals surface area contributed by atoms with E-state index in [1.54, 1.807) is 18.2 Å². The maximum Gasteiger partial charge on any atom is 0.336 e. The summed E-state index contributed by atoms with van der Waals surface area (Å²) < 4.78 is 5.35. The van der Waals surface area contributed by atoms with E-state index in [4.69, 9.17) is 4.74 Å². The van der Waals surface area contributed by atoms with Crippen LogP contribution in [0.2, 0.25) is 0 Å². The lowest BCUT2D eigenvalue weighted by Gasteiger charge is -2.27. The van der Waals surface area contributed by atoms with Crippen molar-refractivity contribution in [3.63, 3.8) is 0 Å². The maximum atomic E-state index is 12.7. The van der Waals surface area contributed by atoms with Gasteiger partial charge in [-0.1, -0.05) is 39.0 Å². The van der Waals surface area contributed by atoms with Gasteiger partial charge in [0.25, 0.3) is 5.69 Å². The number of nitrogens with zero attached hydrogens (tertiary/aromatic N) is 2. The summed E-state index contributed by atoms with van der Waals surface area (Å²) in [7, 11) is 0. The fourth-order valence-corrected chi connectivity index (χ4v) is 2.90. The molecule has 7 nitrogen and oxygen atoms in total. The first-order valence-corrected chi connectivity index (χ1v) is 8.50. The normalized spacial score (nSPS) is 16.9. The third-order valence-electron chi connectivity index (χ3n) is 4.10. The zero-order chi connectivity index (χ0) is 18.4. The van der Waals surface area contributed by atoms with Crippen LogP contribution in [0.25, 0.3) is 0 Å². The van der Waals surface area contributed by atoms with Gasteiger partial charge in [0.05, 0.1) is 28.7 Å². The maximum absolute atomic E-state index is 12.7. The second-order valence-electron chi connectivity index (χ2n) is 5.70. The van der Waals surface area contributed by atoms with Crippen LogP contribution in [0.15, 0.2) is 40.6 Å². The van der Waals surface area contributed by atoms with Gasteiger partial charge in [0.2, 0.25) is 0 Å². The van der Waals surface area contributed by atoms with Crippen molar-refractivity contribution in [2.75, 3.05) is 6.61 Å². The topological polar surface area (TPSA) is 93.8 Å². The zero-order valence-corrected chi connectivity index (χ0v) is 14.7. The number of allylic oxidation sites excluding steroid dienone is 1. The van der Waals surface area contributed by atoms with Crippen molar-refractivity contribution in [3.8, 4) is 0 Å². The highest BCUT2D eigenvalue weighted by atomic mass is 16.6. The standard InChI is InChI=1S/C18H23N3O4/c1-4-11-25-18(22)17-14(6-3)20-19-13(5-2)16(17)12-9-7-8-10-15(12)21(23)24/h7-10,16,20H,4-6,11H2,1-3H3. The number of nitro groups is 1. The molecule has 0 fully saturated rings. The number of hydrogen-bond donors (Lipinski definition) is 1. The number of benzene rings is 1. The molecule has 0 saturated heterocycles. The minimum Gasteiger partial charge on any atom is -0.462 e. The van der Waals surface area contributed by atoms with Crippen molar-refractivity contribution in [1.29, 1.82) is 0 Å². The van der Waals surface area contributed by atoms with Crippen LogP contribution in [0.4, 0.5) is 5.69 Å². The van der Waals surface area contributed by atoms with E-state index in [9.17, 15) is 14.9 Å². The Morgan fingerprint density at radius 2 is 2.00 bits per heavy atom. The number of nitro benzene ring substituents is 1. The first-order valence-electron chi connectivity index (χ1n) is 8.50. The third kappa shape index (κ3) is 3.87. The van der Waals surface area contributed by atoms with Crippen molar-refractivity contribution in [1.82, 2.24) is 5.43 Å². The quantitative estimate of drug-likeness (QED) is 0.462. The smallest absolute Gasteiger partial charge is 0.336 e. The Kier molecular flexibility index (Phi) is 6.27. The summed E-state index contributed by atoms with van der Waals surface area (Å²) in [4.78, 5) is 23.8. The molecule has 1 aliphatic heterocycles. The summed E-state index contributed by atoms with van der Waals surface area (Å²) in [5.41, 5.74) is 5.09. The highest BCUT2D eigenvalue weighted by molar-refractivity contribution is 6.05. The highest BCUT2D eigenvalue weighted by Gasteiger charge is 2.36. The second-order valence-corrected chi connectivity index (χ2v) is 5.70. The number of rotatable bonds is 7. The summed E-state index contributed by atoms with van der Waals surface area (Å²) in [6.07, 6.45) is 1.82. The monoisotopic (exact) mass is 345 g/mol. The molecule has 0 aliphatic carbocycles. The van der Waals surface area contributed by atoms with Gasteiger partial charge in [-0.05, 0) is 19.3 Å². The molecule has 7 heteroatoms. The number of carbonyl (C=O) groups excluding carboxylic acids is 1. The summed E-state index contributed by atoms with van der Waals surface area (Å²) >= 11 is 0. The molecule has 1 aromatic rings. The Labute approximate surface area is 146 Å². The van der Waals surface area contributed by atoms with Gasteiger partial charge in [0.15, 0.2) is 0 Å². The van der Waals surface area contributed by atoms with Crippen molar-refractivity contribution in [3.05, 3.63) is 51.2 Å². The Balaban J connectivity index is 2.61. The van der Waals surface area contributed by atoms with Crippen LogP contribution in [0, 0.1) is 10.1 Å². The highest BCUT2D eigenvalue weighted by Crippen LogP contribution is 2.37. The predicted octanol–water partition coefficient (Wildman–Crippen LogP) is 3.66. The minimum absolute atomic E-state index is 0.0215.